The van der Waals surface area contributed by atoms with Gasteiger partial charge in [-0.2, -0.15) is 5.10 Å². The average Bonchev–Trinajstić information content (AvgIpc) is 3.69. The van der Waals surface area contributed by atoms with Crippen LogP contribution in [0.4, 0.5) is 5.69 Å². The molecule has 4 aromatic rings. The molecule has 264 valence electrons. The van der Waals surface area contributed by atoms with Gasteiger partial charge < -0.3 is 13.9 Å². The first kappa shape index (κ1) is 35.8. The molecule has 12 nitrogen and oxygen atoms in total. The Hall–Kier alpha value is -5.05. The lowest BCUT2D eigenvalue weighted by atomic mass is 9.88. The van der Waals surface area contributed by atoms with E-state index in [1.54, 1.807) is 24.1 Å². The maximum atomic E-state index is 14.0. The molecule has 0 radical (unpaired) electrons. The highest BCUT2D eigenvalue weighted by atomic mass is 32.2. The van der Waals surface area contributed by atoms with E-state index in [1.807, 2.05) is 36.4 Å². The van der Waals surface area contributed by atoms with Crippen LogP contribution in [-0.4, -0.2) is 57.7 Å². The fourth-order valence-electron chi connectivity index (χ4n) is 6.76. The molecule has 6 rings (SSSR count). The van der Waals surface area contributed by atoms with Crippen molar-refractivity contribution < 1.29 is 33.2 Å². The van der Waals surface area contributed by atoms with Crippen molar-refractivity contribution >= 4 is 54.0 Å². The molecule has 0 N–H and O–H groups in total. The summed E-state index contributed by atoms with van der Waals surface area (Å²) in [5.41, 5.74) is 1.09. The molecule has 3 unspecified atom stereocenters. The Bertz CT molecular complexity index is 1940. The average molecular weight is 727 g/mol. The molecule has 1 aromatic heterocycles. The number of nitro benzene ring substituents is 1. The van der Waals surface area contributed by atoms with E-state index < -0.39 is 48.5 Å². The third kappa shape index (κ3) is 6.86. The van der Waals surface area contributed by atoms with Gasteiger partial charge in [0, 0.05) is 42.8 Å². The van der Waals surface area contributed by atoms with Gasteiger partial charge in [0.15, 0.2) is 0 Å². The van der Waals surface area contributed by atoms with E-state index in [-0.39, 0.29) is 29.6 Å². The number of hydrogen-bond acceptors (Lipinski definition) is 10. The summed E-state index contributed by atoms with van der Waals surface area (Å²) in [5.74, 6) is -2.48. The summed E-state index contributed by atoms with van der Waals surface area (Å²) in [7, 11) is -1.33. The SMILES string of the molecule is CC(=O)OC(c1cnn(C)c1)C1C(=O)N2C(C(=O)OCc3ccc([N+](=O)[O-])cc3)=C(CO[Si](c3ccccc3)(c3ccccc3)C(C)(C)C)SC12. The minimum Gasteiger partial charge on any atom is -0.457 e. The van der Waals surface area contributed by atoms with Gasteiger partial charge in [-0.3, -0.25) is 29.3 Å². The lowest BCUT2D eigenvalue weighted by Gasteiger charge is -2.45. The lowest BCUT2D eigenvalue weighted by Crippen LogP contribution is -2.66. The standard InChI is InChI=1S/C37H38N4O8SSi/c1-24(42)49-33(26-20-38-39(5)21-26)31-34(43)40-32(36(44)47-22-25-16-18-27(19-17-25)41(45)46)30(50-35(31)40)23-48-51(37(2,3)4,28-12-8-6-9-13-28)29-14-10-7-11-15-29/h6-21,31,33,35H,22-23H2,1-5H3. The molecule has 51 heavy (non-hydrogen) atoms. The first-order valence-electron chi connectivity index (χ1n) is 16.4. The first-order valence-corrected chi connectivity index (χ1v) is 19.1. The molecular formula is C37H38N4O8SSi. The number of thioether (sulfide) groups is 1. The van der Waals surface area contributed by atoms with Gasteiger partial charge in [-0.25, -0.2) is 4.79 Å². The zero-order chi connectivity index (χ0) is 36.5. The van der Waals surface area contributed by atoms with Crippen LogP contribution in [0.1, 0.15) is 44.9 Å². The summed E-state index contributed by atoms with van der Waals surface area (Å²) in [6.07, 6.45) is 2.33. The highest BCUT2D eigenvalue weighted by molar-refractivity contribution is 8.04. The predicted molar refractivity (Wildman–Crippen MR) is 193 cm³/mol. The lowest BCUT2D eigenvalue weighted by molar-refractivity contribution is -0.384. The van der Waals surface area contributed by atoms with Crippen molar-refractivity contribution in [2.45, 2.75) is 50.8 Å². The van der Waals surface area contributed by atoms with E-state index in [4.69, 9.17) is 13.9 Å². The zero-order valence-electron chi connectivity index (χ0n) is 28.8. The first-order chi connectivity index (χ1) is 24.3. The smallest absolute Gasteiger partial charge is 0.356 e. The molecule has 1 fully saturated rings. The zero-order valence-corrected chi connectivity index (χ0v) is 30.7. The molecular weight excluding hydrogens is 689 g/mol. The summed E-state index contributed by atoms with van der Waals surface area (Å²) in [6.45, 7) is 7.58. The van der Waals surface area contributed by atoms with E-state index in [0.717, 1.165) is 10.4 Å². The minimum atomic E-state index is -3.06. The van der Waals surface area contributed by atoms with Crippen LogP contribution in [0, 0.1) is 16.0 Å². The molecule has 3 aromatic carbocycles. The number of esters is 2. The highest BCUT2D eigenvalue weighted by Gasteiger charge is 2.61. The summed E-state index contributed by atoms with van der Waals surface area (Å²) in [4.78, 5) is 52.8. The normalized spacial score (nSPS) is 17.8. The largest absolute Gasteiger partial charge is 0.457 e. The third-order valence-corrected chi connectivity index (χ3v) is 15.4. The molecule has 14 heteroatoms. The van der Waals surface area contributed by atoms with Gasteiger partial charge >= 0.3 is 11.9 Å². The number of nitrogens with zero attached hydrogens (tertiary/aromatic N) is 4. The van der Waals surface area contributed by atoms with Crippen molar-refractivity contribution in [3.63, 3.8) is 0 Å². The molecule has 1 amide bonds. The quantitative estimate of drug-likeness (QED) is 0.0644. The maximum absolute atomic E-state index is 14.0. The van der Waals surface area contributed by atoms with Crippen LogP contribution < -0.4 is 10.4 Å². The van der Waals surface area contributed by atoms with Crippen LogP contribution in [0.25, 0.3) is 0 Å². The topological polar surface area (TPSA) is 143 Å². The summed E-state index contributed by atoms with van der Waals surface area (Å²) in [6, 6.07) is 25.9. The van der Waals surface area contributed by atoms with E-state index in [1.165, 1.54) is 47.9 Å². The fourth-order valence-corrected chi connectivity index (χ4v) is 12.8. The van der Waals surface area contributed by atoms with Crippen molar-refractivity contribution in [3.05, 3.63) is 129 Å². The number of β-lactam (4-membered cyclic amide) rings is 1. The van der Waals surface area contributed by atoms with E-state index in [9.17, 15) is 24.5 Å². The number of aromatic nitrogens is 2. The number of non-ortho nitro benzene ring substituents is 1. The Labute approximate surface area is 300 Å². The molecule has 0 aliphatic carbocycles. The number of ether oxygens (including phenoxy) is 2. The van der Waals surface area contributed by atoms with Crippen LogP contribution in [0.15, 0.2) is 108 Å². The number of carbonyl (C=O) groups is 3. The molecule has 2 aliphatic rings. The van der Waals surface area contributed by atoms with E-state index in [2.05, 4.69) is 50.1 Å². The monoisotopic (exact) mass is 726 g/mol. The third-order valence-electron chi connectivity index (χ3n) is 9.07. The second-order valence-corrected chi connectivity index (χ2v) is 19.0. The Morgan fingerprint density at radius 3 is 2.10 bits per heavy atom. The van der Waals surface area contributed by atoms with E-state index >= 15 is 0 Å². The van der Waals surface area contributed by atoms with Crippen LogP contribution in [0.2, 0.25) is 5.04 Å². The second kappa shape index (κ2) is 14.3. The van der Waals surface area contributed by atoms with Gasteiger partial charge in [-0.15, -0.1) is 0 Å². The molecule has 0 saturated carbocycles. The number of hydrogen-bond donors (Lipinski definition) is 0. The minimum absolute atomic E-state index is 0.0119. The number of benzene rings is 3. The summed E-state index contributed by atoms with van der Waals surface area (Å²) < 4.78 is 20.2. The Morgan fingerprint density at radius 1 is 0.980 bits per heavy atom. The van der Waals surface area contributed by atoms with Crippen molar-refractivity contribution in [2.75, 3.05) is 6.61 Å². The van der Waals surface area contributed by atoms with Crippen LogP contribution in [-0.2, 0) is 41.9 Å². The van der Waals surface area contributed by atoms with Crippen molar-refractivity contribution in [1.29, 1.82) is 0 Å². The number of fused-ring (bicyclic) bond motifs is 1. The van der Waals surface area contributed by atoms with Crippen molar-refractivity contribution in [2.24, 2.45) is 13.0 Å². The van der Waals surface area contributed by atoms with Gasteiger partial charge in [0.1, 0.15) is 29.7 Å². The summed E-state index contributed by atoms with van der Waals surface area (Å²) in [5, 5.41) is 16.5. The molecule has 2 aliphatic heterocycles. The number of amides is 1. The van der Waals surface area contributed by atoms with Gasteiger partial charge in [-0.05, 0) is 33.1 Å². The summed E-state index contributed by atoms with van der Waals surface area (Å²) >= 11 is 1.32. The molecule has 1 saturated heterocycles. The molecule has 0 bridgehead atoms. The van der Waals surface area contributed by atoms with Crippen LogP contribution in [0.3, 0.4) is 0 Å². The number of rotatable bonds is 12. The second-order valence-electron chi connectivity index (χ2n) is 13.4. The number of aryl methyl sites for hydroxylation is 1. The van der Waals surface area contributed by atoms with Gasteiger partial charge in [0.25, 0.3) is 14.0 Å². The van der Waals surface area contributed by atoms with Gasteiger partial charge in [0.05, 0.1) is 17.7 Å². The number of nitro groups is 1. The Balaban J connectivity index is 1.37. The fraction of sp³-hybridized carbons (Fsp3) is 0.297. The van der Waals surface area contributed by atoms with Gasteiger partial charge in [-0.1, -0.05) is 93.2 Å². The Morgan fingerprint density at radius 2 is 1.59 bits per heavy atom. The van der Waals surface area contributed by atoms with Gasteiger partial charge in [0.2, 0.25) is 5.91 Å². The van der Waals surface area contributed by atoms with Crippen molar-refractivity contribution in [3.8, 4) is 0 Å². The van der Waals surface area contributed by atoms with Crippen LogP contribution >= 0.6 is 11.8 Å². The molecule has 3 atom stereocenters. The van der Waals surface area contributed by atoms with Crippen LogP contribution in [0.5, 0.6) is 0 Å². The maximum Gasteiger partial charge on any atom is 0.356 e. The predicted octanol–water partition coefficient (Wildman–Crippen LogP) is 5.00. The molecule has 3 heterocycles. The number of carbonyl (C=O) groups excluding carboxylic acids is 3. The molecule has 0 spiro atoms. The Kier molecular flexibility index (Phi) is 10.0. The van der Waals surface area contributed by atoms with Crippen molar-refractivity contribution in [1.82, 2.24) is 14.7 Å². The van der Waals surface area contributed by atoms with E-state index in [0.29, 0.717) is 16.0 Å². The highest BCUT2D eigenvalue weighted by Crippen LogP contribution is 2.54.